The molecule has 0 amide bonds. The number of ether oxygens (including phenoxy) is 2. The Morgan fingerprint density at radius 1 is 0.848 bits per heavy atom. The fourth-order valence-corrected chi connectivity index (χ4v) is 0. The standard InChI is InChI=1S/C2H4O4.C2H4O3.CHO3.CH2O3.CHO2.CH4O.CH3O.5Mg.2H2O/c1-6-2(3,4)5;1-5-2(3)4;2-1-4-3;2-1(3)4;2-1-3;2*1-2;;;;;;;/h3H,1H3;1H3,(H,3,4);3H;(H2,2,3,4);(H,2,3);2H,1H3;1H3;;;;;;2*1H2/q-2;;-1;;-1;;-1;5*+2;;/p-5. The molecule has 33 heavy (non-hydrogen) atoms. The van der Waals surface area contributed by atoms with E-state index in [-0.39, 0.29) is 126 Å². The SMILES string of the molecule is CO.COC(=O)[O-].COC([O-])([O-])O.C[O-].O=C([O-])[O-].O=[C-]O.O=[C-]OO.[Mg+2].[Mg+2].[Mg+2].[Mg+2].[Mg+2].[OH-].[OH-]. The molecule has 0 saturated heterocycles. The summed E-state index contributed by atoms with van der Waals surface area (Å²) in [6, 6.07) is 0. The molecule has 0 fully saturated rings. The van der Waals surface area contributed by atoms with Crippen molar-refractivity contribution in [1.82, 2.24) is 0 Å². The van der Waals surface area contributed by atoms with E-state index in [4.69, 9.17) is 60.2 Å². The Balaban J connectivity index is -0.0000000105. The van der Waals surface area contributed by atoms with E-state index < -0.39 is 18.5 Å². The van der Waals surface area contributed by atoms with Gasteiger partial charge >= 0.3 is 115 Å². The summed E-state index contributed by atoms with van der Waals surface area (Å²) in [4.78, 5) is 36.9. The van der Waals surface area contributed by atoms with Crippen molar-refractivity contribution in [3.63, 3.8) is 0 Å². The van der Waals surface area contributed by atoms with Gasteiger partial charge in [-0.15, -0.1) is 0 Å². The minimum atomic E-state index is -3.46. The van der Waals surface area contributed by atoms with Crippen molar-refractivity contribution in [3.05, 3.63) is 0 Å². The molecule has 0 rings (SSSR count). The number of carbonyl (C=O) groups is 2. The maximum absolute atomic E-state index is 9.25. The Kier molecular flexibility index (Phi) is 293. The van der Waals surface area contributed by atoms with E-state index in [1.807, 2.05) is 0 Å². The Labute approximate surface area is 268 Å². The van der Waals surface area contributed by atoms with Crippen molar-refractivity contribution in [2.75, 3.05) is 28.4 Å². The average molecular weight is 552 g/mol. The van der Waals surface area contributed by atoms with Crippen molar-refractivity contribution in [2.24, 2.45) is 0 Å². The first-order chi connectivity index (χ1) is 11.9. The van der Waals surface area contributed by atoms with E-state index in [9.17, 15) is 10.2 Å². The normalized spacial score (nSPS) is 5.27. The number of aliphatic hydroxyl groups is 2. The first-order valence-corrected chi connectivity index (χ1v) is 4.75. The van der Waals surface area contributed by atoms with Gasteiger partial charge in [0.05, 0.1) is 0 Å². The topological polar surface area (TPSA) is 375 Å². The van der Waals surface area contributed by atoms with Gasteiger partial charge in [-0.25, -0.2) is 5.26 Å². The van der Waals surface area contributed by atoms with E-state index in [2.05, 4.69) is 14.4 Å². The van der Waals surface area contributed by atoms with E-state index in [0.29, 0.717) is 6.47 Å². The molecule has 0 radical (unpaired) electrons. The molecule has 0 aliphatic rings. The van der Waals surface area contributed by atoms with Crippen LogP contribution in [0.1, 0.15) is 0 Å². The Hall–Kier alpha value is 0.951. The fraction of sp³-hybridized carbons (Fsp3) is 0.556. The fourth-order valence-electron chi connectivity index (χ4n) is 0. The van der Waals surface area contributed by atoms with Gasteiger partial charge in [-0.2, -0.15) is 7.11 Å². The van der Waals surface area contributed by atoms with Crippen LogP contribution in [0.2, 0.25) is 0 Å². The van der Waals surface area contributed by atoms with E-state index in [1.165, 1.54) is 0 Å². The summed E-state index contributed by atoms with van der Waals surface area (Å²) < 4.78 is 6.94. The summed E-state index contributed by atoms with van der Waals surface area (Å²) in [6.45, 7) is 1.24. The number of aliphatic hydroxyl groups excluding tert-OH is 2. The monoisotopic (exact) mass is 550 g/mol. The maximum atomic E-state index is 9.25. The van der Waals surface area contributed by atoms with Crippen LogP contribution in [0.3, 0.4) is 0 Å². The second-order valence-electron chi connectivity index (χ2n) is 1.70. The molecule has 0 aromatic rings. The molecule has 0 spiro atoms. The largest absolute Gasteiger partial charge is 2.00 e. The quantitative estimate of drug-likeness (QED) is 0.0617. The third-order valence-electron chi connectivity index (χ3n) is 0.462. The maximum Gasteiger partial charge on any atom is 2.00 e. The van der Waals surface area contributed by atoms with Crippen LogP contribution in [0.5, 0.6) is 0 Å². The van der Waals surface area contributed by atoms with Crippen molar-refractivity contribution in [3.8, 4) is 0 Å². The number of rotatable bonds is 2. The molecule has 178 valence electrons. The van der Waals surface area contributed by atoms with Gasteiger partial charge in [0.15, 0.2) is 0 Å². The summed E-state index contributed by atoms with van der Waals surface area (Å²) in [5, 5.41) is 80.7. The zero-order valence-corrected chi connectivity index (χ0v) is 25.1. The van der Waals surface area contributed by atoms with Gasteiger partial charge < -0.3 is 90.5 Å². The van der Waals surface area contributed by atoms with Crippen molar-refractivity contribution in [2.45, 2.75) is 6.16 Å². The van der Waals surface area contributed by atoms with E-state index in [0.717, 1.165) is 34.9 Å². The summed E-state index contributed by atoms with van der Waals surface area (Å²) in [5.74, 6) is 0. The van der Waals surface area contributed by atoms with Gasteiger partial charge in [-0.05, 0) is 12.6 Å². The molecule has 0 aromatic carbocycles. The van der Waals surface area contributed by atoms with Gasteiger partial charge in [0, 0.05) is 27.5 Å². The minimum Gasteiger partial charge on any atom is -0.870 e. The molecule has 24 heteroatoms. The van der Waals surface area contributed by atoms with E-state index >= 15 is 0 Å². The Morgan fingerprint density at radius 3 is 0.939 bits per heavy atom. The van der Waals surface area contributed by atoms with Crippen molar-refractivity contribution < 1.29 is 95.7 Å². The molecule has 0 aliphatic heterocycles. The van der Waals surface area contributed by atoms with E-state index in [1.54, 1.807) is 0 Å². The smallest absolute Gasteiger partial charge is 0.870 e. The zero-order chi connectivity index (χ0) is 23.2. The van der Waals surface area contributed by atoms with Gasteiger partial charge in [0.1, 0.15) is 0 Å². The molecule has 0 unspecified atom stereocenters. The summed E-state index contributed by atoms with van der Waals surface area (Å²) >= 11 is 0. The Morgan fingerprint density at radius 2 is 0.939 bits per heavy atom. The summed E-state index contributed by atoms with van der Waals surface area (Å²) in [5.41, 5.74) is 0. The Bertz CT molecular complexity index is 277. The van der Waals surface area contributed by atoms with Crippen LogP contribution < -0.4 is 30.6 Å². The van der Waals surface area contributed by atoms with Crippen molar-refractivity contribution >= 4 is 141 Å². The third kappa shape index (κ3) is 653. The molecule has 6 N–H and O–H groups in total. The molecule has 0 bridgehead atoms. The predicted octanol–water partition coefficient (Wildman–Crippen LogP) is -11.0. The number of hydrogen-bond acceptors (Lipinski definition) is 18. The van der Waals surface area contributed by atoms with Gasteiger partial charge in [0.25, 0.3) is 6.16 Å². The molecule has 0 heterocycles. The molecule has 0 saturated carbocycles. The summed E-state index contributed by atoms with van der Waals surface area (Å²) in [7, 11) is 3.62. The zero-order valence-electron chi connectivity index (χ0n) is 18.0. The second kappa shape index (κ2) is 104. The van der Waals surface area contributed by atoms with Crippen LogP contribution in [0.4, 0.5) is 9.59 Å². The van der Waals surface area contributed by atoms with Crippen molar-refractivity contribution in [1.29, 1.82) is 0 Å². The van der Waals surface area contributed by atoms with Crippen LogP contribution in [-0.4, -0.2) is 207 Å². The molecule has 0 aliphatic carbocycles. The van der Waals surface area contributed by atoms with Crippen LogP contribution in [0.25, 0.3) is 0 Å². The molecular formula is C9H18Mg5O19. The predicted molar refractivity (Wildman–Crippen MR) is 94.2 cm³/mol. The van der Waals surface area contributed by atoms with Crippen LogP contribution in [0, 0.1) is 0 Å². The number of carbonyl (C=O) groups excluding carboxylic acids is 3. The van der Waals surface area contributed by atoms with Crippen LogP contribution >= 0.6 is 0 Å². The first kappa shape index (κ1) is 92.6. The second-order valence-corrected chi connectivity index (χ2v) is 1.70. The van der Waals surface area contributed by atoms with Crippen LogP contribution in [-0.2, 0) is 24.0 Å². The first-order valence-electron chi connectivity index (χ1n) is 4.75. The molecule has 0 aromatic heterocycles. The van der Waals surface area contributed by atoms with Gasteiger partial charge in [-0.3, -0.25) is 0 Å². The van der Waals surface area contributed by atoms with Gasteiger partial charge in [0.2, 0.25) is 0 Å². The minimum absolute atomic E-state index is 0. The molecule has 0 atom stereocenters. The summed E-state index contributed by atoms with van der Waals surface area (Å²) in [6.07, 6.45) is -7.29. The molecular weight excluding hydrogens is 534 g/mol. The molecule has 19 nitrogen and oxygen atoms in total. The number of carboxylic acid groups (broad SMARTS) is 3. The average Bonchev–Trinajstić information content (AvgIpc) is 2.58. The number of methoxy groups -OCH3 is 2. The third-order valence-corrected chi connectivity index (χ3v) is 0.462. The van der Waals surface area contributed by atoms with Crippen LogP contribution in [0.15, 0.2) is 0 Å². The van der Waals surface area contributed by atoms with Gasteiger partial charge in [-0.1, -0.05) is 6.47 Å². The number of hydrogen-bond donors (Lipinski definition) is 4.